The summed E-state index contributed by atoms with van der Waals surface area (Å²) in [6, 6.07) is 12.2. The maximum absolute atomic E-state index is 12.9. The van der Waals surface area contributed by atoms with Crippen molar-refractivity contribution in [3.8, 4) is 5.75 Å². The summed E-state index contributed by atoms with van der Waals surface area (Å²) in [5.74, 6) is -0.409. The molecule has 1 fully saturated rings. The number of nitrogens with zero attached hydrogens (tertiary/aromatic N) is 1. The van der Waals surface area contributed by atoms with E-state index in [2.05, 4.69) is 10.6 Å². The molecule has 0 bridgehead atoms. The van der Waals surface area contributed by atoms with Crippen molar-refractivity contribution < 1.29 is 23.9 Å². The van der Waals surface area contributed by atoms with E-state index in [-0.39, 0.29) is 37.1 Å². The molecule has 8 nitrogen and oxygen atoms in total. The van der Waals surface area contributed by atoms with E-state index < -0.39 is 11.9 Å². The van der Waals surface area contributed by atoms with Gasteiger partial charge in [-0.1, -0.05) is 24.3 Å². The van der Waals surface area contributed by atoms with Gasteiger partial charge >= 0.3 is 0 Å². The van der Waals surface area contributed by atoms with Crippen molar-refractivity contribution in [3.05, 3.63) is 59.2 Å². The van der Waals surface area contributed by atoms with Gasteiger partial charge in [-0.3, -0.25) is 24.5 Å². The van der Waals surface area contributed by atoms with Gasteiger partial charge in [0.15, 0.2) is 0 Å². The summed E-state index contributed by atoms with van der Waals surface area (Å²) in [6.07, 6.45) is 1.33. The van der Waals surface area contributed by atoms with E-state index in [4.69, 9.17) is 4.74 Å². The Morgan fingerprint density at radius 1 is 1.16 bits per heavy atom. The summed E-state index contributed by atoms with van der Waals surface area (Å²) < 4.78 is 5.73. The van der Waals surface area contributed by atoms with Crippen molar-refractivity contribution in [2.24, 2.45) is 0 Å². The Morgan fingerprint density at radius 3 is 2.75 bits per heavy atom. The fraction of sp³-hybridized carbons (Fsp3) is 0.333. The number of carbonyl (C=O) groups excluding carboxylic acids is 4. The van der Waals surface area contributed by atoms with Crippen LogP contribution >= 0.6 is 0 Å². The average Bonchev–Trinajstić information content (AvgIpc) is 3.10. The zero-order chi connectivity index (χ0) is 22.7. The lowest BCUT2D eigenvalue weighted by Gasteiger charge is -2.29. The van der Waals surface area contributed by atoms with Gasteiger partial charge in [-0.25, -0.2) is 0 Å². The molecule has 2 heterocycles. The van der Waals surface area contributed by atoms with Crippen molar-refractivity contribution in [2.45, 2.75) is 45.2 Å². The van der Waals surface area contributed by atoms with Crippen LogP contribution in [0.1, 0.15) is 47.2 Å². The van der Waals surface area contributed by atoms with Crippen molar-refractivity contribution in [2.75, 3.05) is 11.9 Å². The van der Waals surface area contributed by atoms with Gasteiger partial charge in [-0.05, 0) is 43.5 Å². The molecule has 8 heteroatoms. The topological polar surface area (TPSA) is 105 Å². The Kier molecular flexibility index (Phi) is 6.20. The van der Waals surface area contributed by atoms with Crippen LogP contribution in [0.3, 0.4) is 0 Å². The summed E-state index contributed by atoms with van der Waals surface area (Å²) in [4.78, 5) is 50.4. The first-order chi connectivity index (χ1) is 15.4. The number of piperidine rings is 1. The molecule has 2 aliphatic heterocycles. The third-order valence-electron chi connectivity index (χ3n) is 5.76. The zero-order valence-corrected chi connectivity index (χ0v) is 17.8. The first-order valence-electron chi connectivity index (χ1n) is 10.7. The second-order valence-corrected chi connectivity index (χ2v) is 8.00. The standard InChI is InChI=1S/C24H25N3O5/c1-15-6-2-3-9-20(15)32-13-5-10-21(28)25-18-8-4-7-16-17(18)14-27(24(16)31)19-11-12-22(29)26-23(19)30/h2-4,6-9,19H,5,10-14H2,1H3,(H,25,28)(H,26,29,30). The van der Waals surface area contributed by atoms with Gasteiger partial charge in [0.05, 0.1) is 6.61 Å². The highest BCUT2D eigenvalue weighted by molar-refractivity contribution is 6.06. The van der Waals surface area contributed by atoms with Crippen LogP contribution in [-0.4, -0.2) is 41.2 Å². The number of rotatable bonds is 7. The van der Waals surface area contributed by atoms with Crippen LogP contribution in [0.15, 0.2) is 42.5 Å². The summed E-state index contributed by atoms with van der Waals surface area (Å²) >= 11 is 0. The Hall–Kier alpha value is -3.68. The molecule has 32 heavy (non-hydrogen) atoms. The van der Waals surface area contributed by atoms with Crippen LogP contribution in [0.25, 0.3) is 0 Å². The maximum atomic E-state index is 12.9. The number of hydrogen-bond acceptors (Lipinski definition) is 5. The minimum atomic E-state index is -0.685. The number of benzene rings is 2. The number of para-hydroxylation sites is 1. The van der Waals surface area contributed by atoms with E-state index in [9.17, 15) is 19.2 Å². The van der Waals surface area contributed by atoms with Crippen molar-refractivity contribution in [3.63, 3.8) is 0 Å². The third-order valence-corrected chi connectivity index (χ3v) is 5.76. The maximum Gasteiger partial charge on any atom is 0.255 e. The molecule has 2 aromatic carbocycles. The average molecular weight is 435 g/mol. The van der Waals surface area contributed by atoms with Crippen molar-refractivity contribution >= 4 is 29.3 Å². The molecular weight excluding hydrogens is 410 g/mol. The molecule has 166 valence electrons. The molecule has 0 radical (unpaired) electrons. The molecule has 2 aromatic rings. The number of imide groups is 1. The van der Waals surface area contributed by atoms with Gasteiger partial charge < -0.3 is 15.0 Å². The molecule has 4 amide bonds. The Labute approximate surface area is 185 Å². The van der Waals surface area contributed by atoms with Crippen LogP contribution < -0.4 is 15.4 Å². The quantitative estimate of drug-likeness (QED) is 0.514. The van der Waals surface area contributed by atoms with Gasteiger partial charge in [0.25, 0.3) is 5.91 Å². The number of aryl methyl sites for hydroxylation is 1. The first-order valence-corrected chi connectivity index (χ1v) is 10.7. The van der Waals surface area contributed by atoms with E-state index in [1.165, 1.54) is 4.90 Å². The number of amides is 4. The van der Waals surface area contributed by atoms with Crippen LogP contribution in [0.2, 0.25) is 0 Å². The predicted octanol–water partition coefficient (Wildman–Crippen LogP) is 2.55. The highest BCUT2D eigenvalue weighted by Gasteiger charge is 2.39. The van der Waals surface area contributed by atoms with Crippen LogP contribution in [-0.2, 0) is 20.9 Å². The SMILES string of the molecule is Cc1ccccc1OCCCC(=O)Nc1cccc2c1CN(C1CCC(=O)NC1=O)C2=O. The predicted molar refractivity (Wildman–Crippen MR) is 117 cm³/mol. The molecule has 4 rings (SSSR count). The fourth-order valence-corrected chi connectivity index (χ4v) is 4.05. The fourth-order valence-electron chi connectivity index (χ4n) is 4.05. The second-order valence-electron chi connectivity index (χ2n) is 8.00. The molecular formula is C24H25N3O5. The largest absolute Gasteiger partial charge is 0.493 e. The molecule has 0 aliphatic carbocycles. The van der Waals surface area contributed by atoms with E-state index in [0.717, 1.165) is 11.3 Å². The van der Waals surface area contributed by atoms with Crippen LogP contribution in [0, 0.1) is 6.92 Å². The highest BCUT2D eigenvalue weighted by Crippen LogP contribution is 2.32. The summed E-state index contributed by atoms with van der Waals surface area (Å²) in [5, 5.41) is 5.18. The molecule has 1 saturated heterocycles. The molecule has 2 N–H and O–H groups in total. The second kappa shape index (κ2) is 9.21. The van der Waals surface area contributed by atoms with Crippen LogP contribution in [0.5, 0.6) is 5.75 Å². The molecule has 0 spiro atoms. The van der Waals surface area contributed by atoms with E-state index in [0.29, 0.717) is 36.3 Å². The van der Waals surface area contributed by atoms with E-state index in [1.54, 1.807) is 18.2 Å². The number of fused-ring (bicyclic) bond motifs is 1. The van der Waals surface area contributed by atoms with Gasteiger partial charge in [0.1, 0.15) is 11.8 Å². The van der Waals surface area contributed by atoms with E-state index >= 15 is 0 Å². The minimum absolute atomic E-state index is 0.168. The zero-order valence-electron chi connectivity index (χ0n) is 17.8. The van der Waals surface area contributed by atoms with Gasteiger partial charge in [-0.2, -0.15) is 0 Å². The lowest BCUT2D eigenvalue weighted by Crippen LogP contribution is -2.52. The first kappa shape index (κ1) is 21.5. The van der Waals surface area contributed by atoms with Crippen molar-refractivity contribution in [1.82, 2.24) is 10.2 Å². The lowest BCUT2D eigenvalue weighted by molar-refractivity contribution is -0.137. The highest BCUT2D eigenvalue weighted by atomic mass is 16.5. The van der Waals surface area contributed by atoms with Gasteiger partial charge in [0.2, 0.25) is 17.7 Å². The lowest BCUT2D eigenvalue weighted by atomic mass is 10.0. The number of nitrogens with one attached hydrogen (secondary N) is 2. The minimum Gasteiger partial charge on any atom is -0.493 e. The number of ether oxygens (including phenoxy) is 1. The third kappa shape index (κ3) is 4.49. The molecule has 1 unspecified atom stereocenters. The molecule has 2 aliphatic rings. The van der Waals surface area contributed by atoms with Crippen LogP contribution in [0.4, 0.5) is 5.69 Å². The van der Waals surface area contributed by atoms with Crippen molar-refractivity contribution in [1.29, 1.82) is 0 Å². The summed E-state index contributed by atoms with van der Waals surface area (Å²) in [7, 11) is 0. The summed E-state index contributed by atoms with van der Waals surface area (Å²) in [6.45, 7) is 2.61. The summed E-state index contributed by atoms with van der Waals surface area (Å²) in [5.41, 5.74) is 2.76. The Morgan fingerprint density at radius 2 is 1.97 bits per heavy atom. The molecule has 1 atom stereocenters. The Bertz CT molecular complexity index is 1080. The monoisotopic (exact) mass is 435 g/mol. The number of hydrogen-bond donors (Lipinski definition) is 2. The Balaban J connectivity index is 1.35. The normalized spacial score (nSPS) is 17.7. The smallest absolute Gasteiger partial charge is 0.255 e. The number of anilines is 1. The van der Waals surface area contributed by atoms with E-state index in [1.807, 2.05) is 31.2 Å². The molecule has 0 aromatic heterocycles. The van der Waals surface area contributed by atoms with Gasteiger partial charge in [0, 0.05) is 36.2 Å². The molecule has 0 saturated carbocycles. The number of carbonyl (C=O) groups is 4. The van der Waals surface area contributed by atoms with Gasteiger partial charge in [-0.15, -0.1) is 0 Å².